The zero-order chi connectivity index (χ0) is 14.5. The molecule has 0 saturated heterocycles. The average Bonchev–Trinajstić information content (AvgIpc) is 2.43. The molecule has 2 rings (SSSR count). The van der Waals surface area contributed by atoms with E-state index in [4.69, 9.17) is 0 Å². The molecule has 5 heteroatoms. The van der Waals surface area contributed by atoms with Crippen molar-refractivity contribution in [2.45, 2.75) is 19.4 Å². The second kappa shape index (κ2) is 6.90. The van der Waals surface area contributed by atoms with E-state index in [1.807, 2.05) is 13.0 Å². The summed E-state index contributed by atoms with van der Waals surface area (Å²) in [5.74, 6) is -0.882. The van der Waals surface area contributed by atoms with Crippen molar-refractivity contribution in [3.8, 4) is 0 Å². The first-order valence-electron chi connectivity index (χ1n) is 6.40. The normalized spacial score (nSPS) is 12.4. The highest BCUT2D eigenvalue weighted by atomic mass is 79.9. The van der Waals surface area contributed by atoms with Crippen LogP contribution in [-0.2, 0) is 0 Å². The highest BCUT2D eigenvalue weighted by Crippen LogP contribution is 2.26. The third-order valence-electron chi connectivity index (χ3n) is 2.93. The standard InChI is InChI=1S/C15H15BrF2N2/c1-2-5-20-15(10-6-11(16)9-19-8-10)13-7-12(17)3-4-14(13)18/h3-4,6-9,15,20H,2,5H2,1H3. The minimum atomic E-state index is -0.451. The van der Waals surface area contributed by atoms with Gasteiger partial charge in [0, 0.05) is 22.4 Å². The van der Waals surface area contributed by atoms with Crippen LogP contribution in [0.4, 0.5) is 8.78 Å². The van der Waals surface area contributed by atoms with E-state index in [0.29, 0.717) is 12.1 Å². The summed E-state index contributed by atoms with van der Waals surface area (Å²) in [6, 6.07) is 4.93. The quantitative estimate of drug-likeness (QED) is 0.881. The first kappa shape index (κ1) is 15.1. The van der Waals surface area contributed by atoms with Gasteiger partial charge in [-0.15, -0.1) is 0 Å². The molecule has 0 aliphatic carbocycles. The molecule has 0 aliphatic heterocycles. The lowest BCUT2D eigenvalue weighted by Gasteiger charge is -2.20. The maximum absolute atomic E-state index is 14.0. The number of hydrogen-bond acceptors (Lipinski definition) is 2. The van der Waals surface area contributed by atoms with E-state index in [1.54, 1.807) is 12.4 Å². The Hall–Kier alpha value is -1.33. The Morgan fingerprint density at radius 1 is 1.25 bits per heavy atom. The number of benzene rings is 1. The van der Waals surface area contributed by atoms with Crippen molar-refractivity contribution < 1.29 is 8.78 Å². The fraction of sp³-hybridized carbons (Fsp3) is 0.267. The summed E-state index contributed by atoms with van der Waals surface area (Å²) < 4.78 is 28.2. The number of nitrogens with one attached hydrogen (secondary N) is 1. The summed E-state index contributed by atoms with van der Waals surface area (Å²) in [5.41, 5.74) is 1.08. The Balaban J connectivity index is 2.44. The Morgan fingerprint density at radius 3 is 2.75 bits per heavy atom. The molecular formula is C15H15BrF2N2. The molecule has 0 saturated carbocycles. The first-order chi connectivity index (χ1) is 9.61. The molecule has 106 valence electrons. The van der Waals surface area contributed by atoms with Gasteiger partial charge in [0.15, 0.2) is 0 Å². The minimum absolute atomic E-state index is 0.290. The van der Waals surface area contributed by atoms with Crippen LogP contribution in [-0.4, -0.2) is 11.5 Å². The largest absolute Gasteiger partial charge is 0.306 e. The second-order valence-electron chi connectivity index (χ2n) is 4.49. The van der Waals surface area contributed by atoms with Gasteiger partial charge in [0.2, 0.25) is 0 Å². The molecule has 1 heterocycles. The van der Waals surface area contributed by atoms with Gasteiger partial charge in [0.1, 0.15) is 11.6 Å². The van der Waals surface area contributed by atoms with Crippen LogP contribution >= 0.6 is 15.9 Å². The molecule has 20 heavy (non-hydrogen) atoms. The van der Waals surface area contributed by atoms with E-state index in [1.165, 1.54) is 6.07 Å². The Bertz CT molecular complexity index is 590. The summed E-state index contributed by atoms with van der Waals surface area (Å²) in [5, 5.41) is 3.23. The molecule has 1 atom stereocenters. The lowest BCUT2D eigenvalue weighted by atomic mass is 9.99. The SMILES string of the molecule is CCCNC(c1cncc(Br)c1)c1cc(F)ccc1F. The van der Waals surface area contributed by atoms with Gasteiger partial charge in [0.05, 0.1) is 6.04 Å². The predicted molar refractivity (Wildman–Crippen MR) is 78.4 cm³/mol. The molecule has 0 spiro atoms. The minimum Gasteiger partial charge on any atom is -0.306 e. The van der Waals surface area contributed by atoms with Crippen LogP contribution in [0.5, 0.6) is 0 Å². The van der Waals surface area contributed by atoms with Crippen molar-refractivity contribution >= 4 is 15.9 Å². The summed E-state index contributed by atoms with van der Waals surface area (Å²) in [7, 11) is 0. The fourth-order valence-electron chi connectivity index (χ4n) is 2.02. The smallest absolute Gasteiger partial charge is 0.128 e. The van der Waals surface area contributed by atoms with Gasteiger partial charge >= 0.3 is 0 Å². The van der Waals surface area contributed by atoms with E-state index < -0.39 is 17.7 Å². The summed E-state index contributed by atoms with van der Waals surface area (Å²) in [4.78, 5) is 4.09. The van der Waals surface area contributed by atoms with Crippen LogP contribution in [0.15, 0.2) is 41.1 Å². The van der Waals surface area contributed by atoms with Crippen LogP contribution in [0.3, 0.4) is 0 Å². The van der Waals surface area contributed by atoms with Crippen molar-refractivity contribution in [2.24, 2.45) is 0 Å². The van der Waals surface area contributed by atoms with Gasteiger partial charge in [-0.1, -0.05) is 6.92 Å². The van der Waals surface area contributed by atoms with Crippen molar-refractivity contribution in [1.82, 2.24) is 10.3 Å². The van der Waals surface area contributed by atoms with Gasteiger partial charge in [-0.25, -0.2) is 8.78 Å². The molecule has 1 aromatic heterocycles. The molecule has 1 unspecified atom stereocenters. The molecule has 0 fully saturated rings. The number of pyridine rings is 1. The van der Waals surface area contributed by atoms with E-state index in [2.05, 4.69) is 26.2 Å². The molecule has 2 aromatic rings. The lowest BCUT2D eigenvalue weighted by Crippen LogP contribution is -2.24. The van der Waals surface area contributed by atoms with Gasteiger partial charge in [-0.2, -0.15) is 0 Å². The van der Waals surface area contributed by atoms with Crippen LogP contribution in [0.25, 0.3) is 0 Å². The third kappa shape index (κ3) is 3.61. The highest BCUT2D eigenvalue weighted by molar-refractivity contribution is 9.10. The van der Waals surface area contributed by atoms with Gasteiger partial charge in [0.25, 0.3) is 0 Å². The van der Waals surface area contributed by atoms with Gasteiger partial charge < -0.3 is 5.32 Å². The number of hydrogen-bond donors (Lipinski definition) is 1. The summed E-state index contributed by atoms with van der Waals surface area (Å²) >= 11 is 3.35. The van der Waals surface area contributed by atoms with Crippen LogP contribution in [0.1, 0.15) is 30.5 Å². The molecule has 0 radical (unpaired) electrons. The molecule has 0 bridgehead atoms. The predicted octanol–water partition coefficient (Wildman–Crippen LogP) is 4.21. The third-order valence-corrected chi connectivity index (χ3v) is 3.36. The number of aromatic nitrogens is 1. The van der Waals surface area contributed by atoms with E-state index in [9.17, 15) is 8.78 Å². The lowest BCUT2D eigenvalue weighted by molar-refractivity contribution is 0.534. The number of nitrogens with zero attached hydrogens (tertiary/aromatic N) is 1. The van der Waals surface area contributed by atoms with Crippen LogP contribution in [0.2, 0.25) is 0 Å². The zero-order valence-corrected chi connectivity index (χ0v) is 12.6. The molecule has 0 amide bonds. The first-order valence-corrected chi connectivity index (χ1v) is 7.20. The maximum Gasteiger partial charge on any atom is 0.128 e. The zero-order valence-electron chi connectivity index (χ0n) is 11.0. The Labute approximate surface area is 125 Å². The number of halogens is 3. The summed E-state index contributed by atoms with van der Waals surface area (Å²) in [6.07, 6.45) is 4.21. The second-order valence-corrected chi connectivity index (χ2v) is 5.41. The average molecular weight is 341 g/mol. The van der Waals surface area contributed by atoms with E-state index >= 15 is 0 Å². The van der Waals surface area contributed by atoms with Gasteiger partial charge in [-0.05, 0) is 58.7 Å². The molecule has 1 N–H and O–H groups in total. The van der Waals surface area contributed by atoms with Crippen molar-refractivity contribution in [3.63, 3.8) is 0 Å². The maximum atomic E-state index is 14.0. The van der Waals surface area contributed by atoms with Crippen molar-refractivity contribution in [3.05, 3.63) is 63.9 Å². The Morgan fingerprint density at radius 2 is 2.05 bits per heavy atom. The molecular weight excluding hydrogens is 326 g/mol. The topological polar surface area (TPSA) is 24.9 Å². The highest BCUT2D eigenvalue weighted by Gasteiger charge is 2.18. The van der Waals surface area contributed by atoms with E-state index in [-0.39, 0.29) is 0 Å². The molecule has 1 aromatic carbocycles. The summed E-state index contributed by atoms with van der Waals surface area (Å²) in [6.45, 7) is 2.72. The molecule has 0 aliphatic rings. The van der Waals surface area contributed by atoms with Crippen molar-refractivity contribution in [2.75, 3.05) is 6.54 Å². The molecule has 2 nitrogen and oxygen atoms in total. The van der Waals surface area contributed by atoms with Crippen LogP contribution < -0.4 is 5.32 Å². The Kier molecular flexibility index (Phi) is 5.20. The fourth-order valence-corrected chi connectivity index (χ4v) is 2.40. The van der Waals surface area contributed by atoms with Gasteiger partial charge in [-0.3, -0.25) is 4.98 Å². The van der Waals surface area contributed by atoms with E-state index in [0.717, 1.165) is 28.6 Å². The van der Waals surface area contributed by atoms with Crippen LogP contribution in [0, 0.1) is 11.6 Å². The monoisotopic (exact) mass is 340 g/mol. The van der Waals surface area contributed by atoms with Crippen molar-refractivity contribution in [1.29, 1.82) is 0 Å². The number of rotatable bonds is 5.